The number of amides is 2. The van der Waals surface area contributed by atoms with Crippen LogP contribution < -0.4 is 10.1 Å². The van der Waals surface area contributed by atoms with Gasteiger partial charge in [-0.05, 0) is 54.7 Å². The first-order valence-electron chi connectivity index (χ1n) is 13.7. The predicted octanol–water partition coefficient (Wildman–Crippen LogP) is 7.24. The van der Waals surface area contributed by atoms with Gasteiger partial charge in [-0.15, -0.1) is 0 Å². The molecule has 3 aromatic rings. The standard InChI is InChI=1S/C32H36Cl2N2O3/c33-26-19-18-25(29(34)22-26)23-36(31(37)17-10-20-39-28-15-8-3-9-16-28)30(21-24-11-4-1-5-12-24)32(38)35-27-13-6-2-7-14-27/h1,3-5,8-9,11-12,15-16,18-19,22,27,30H,2,6-7,10,13-14,17,20-21,23H2,(H,35,38)/t30-/m0/s1. The third-order valence-corrected chi connectivity index (χ3v) is 7.71. The smallest absolute Gasteiger partial charge is 0.243 e. The highest BCUT2D eigenvalue weighted by Crippen LogP contribution is 2.25. The molecule has 1 fully saturated rings. The van der Waals surface area contributed by atoms with E-state index in [9.17, 15) is 9.59 Å². The molecule has 1 N–H and O–H groups in total. The third kappa shape index (κ3) is 9.01. The molecule has 0 radical (unpaired) electrons. The molecular weight excluding hydrogens is 531 g/mol. The van der Waals surface area contributed by atoms with Crippen LogP contribution in [0.3, 0.4) is 0 Å². The van der Waals surface area contributed by atoms with Crippen LogP contribution in [0.1, 0.15) is 56.1 Å². The number of nitrogens with zero attached hydrogens (tertiary/aromatic N) is 1. The van der Waals surface area contributed by atoms with Crippen molar-refractivity contribution in [3.05, 3.63) is 100 Å². The summed E-state index contributed by atoms with van der Waals surface area (Å²) in [4.78, 5) is 29.3. The topological polar surface area (TPSA) is 58.6 Å². The van der Waals surface area contributed by atoms with Crippen molar-refractivity contribution in [3.8, 4) is 5.75 Å². The molecule has 0 heterocycles. The summed E-state index contributed by atoms with van der Waals surface area (Å²) in [5, 5.41) is 4.26. The van der Waals surface area contributed by atoms with E-state index in [0.29, 0.717) is 29.5 Å². The Balaban J connectivity index is 1.55. The lowest BCUT2D eigenvalue weighted by molar-refractivity contribution is -0.141. The normalized spacial score (nSPS) is 14.4. The fraction of sp³-hybridized carbons (Fsp3) is 0.375. The van der Waals surface area contributed by atoms with E-state index in [0.717, 1.165) is 42.6 Å². The van der Waals surface area contributed by atoms with Crippen LogP contribution in [0.2, 0.25) is 10.0 Å². The molecule has 3 aromatic carbocycles. The zero-order valence-corrected chi connectivity index (χ0v) is 23.7. The molecule has 0 unspecified atom stereocenters. The van der Waals surface area contributed by atoms with E-state index in [1.165, 1.54) is 6.42 Å². The van der Waals surface area contributed by atoms with Gasteiger partial charge in [0.05, 0.1) is 6.61 Å². The van der Waals surface area contributed by atoms with Gasteiger partial charge in [-0.1, -0.05) is 97.1 Å². The fourth-order valence-electron chi connectivity index (χ4n) is 5.01. The van der Waals surface area contributed by atoms with E-state index in [-0.39, 0.29) is 30.8 Å². The Morgan fingerprint density at radius 2 is 1.62 bits per heavy atom. The Labute approximate surface area is 241 Å². The minimum atomic E-state index is -0.677. The molecule has 0 spiro atoms. The van der Waals surface area contributed by atoms with Crippen LogP contribution in [0.4, 0.5) is 0 Å². The highest BCUT2D eigenvalue weighted by Gasteiger charge is 2.32. The molecule has 1 aliphatic rings. The number of carbonyl (C=O) groups is 2. The Bertz CT molecular complexity index is 1200. The second-order valence-electron chi connectivity index (χ2n) is 10.1. The van der Waals surface area contributed by atoms with Gasteiger partial charge in [0.1, 0.15) is 11.8 Å². The van der Waals surface area contributed by atoms with Crippen molar-refractivity contribution in [3.63, 3.8) is 0 Å². The van der Waals surface area contributed by atoms with E-state index in [4.69, 9.17) is 27.9 Å². The van der Waals surface area contributed by atoms with E-state index in [2.05, 4.69) is 5.32 Å². The number of benzene rings is 3. The quantitative estimate of drug-likeness (QED) is 0.235. The molecule has 0 bridgehead atoms. The zero-order valence-electron chi connectivity index (χ0n) is 22.2. The molecule has 0 aliphatic heterocycles. The van der Waals surface area contributed by atoms with Crippen molar-refractivity contribution in [2.45, 2.75) is 70.0 Å². The Morgan fingerprint density at radius 1 is 0.923 bits per heavy atom. The molecule has 0 aromatic heterocycles. The number of nitrogens with one attached hydrogen (secondary N) is 1. The van der Waals surface area contributed by atoms with Crippen LogP contribution in [0.25, 0.3) is 0 Å². The highest BCUT2D eigenvalue weighted by molar-refractivity contribution is 6.35. The number of ether oxygens (including phenoxy) is 1. The van der Waals surface area contributed by atoms with Gasteiger partial charge in [-0.25, -0.2) is 0 Å². The number of hydrogen-bond donors (Lipinski definition) is 1. The van der Waals surface area contributed by atoms with Crippen LogP contribution in [0, 0.1) is 0 Å². The minimum absolute atomic E-state index is 0.114. The van der Waals surface area contributed by atoms with E-state index in [1.807, 2.05) is 66.7 Å². The maximum absolute atomic E-state index is 13.8. The van der Waals surface area contributed by atoms with Crippen molar-refractivity contribution in [2.75, 3.05) is 6.61 Å². The summed E-state index contributed by atoms with van der Waals surface area (Å²) in [7, 11) is 0. The van der Waals surface area contributed by atoms with Crippen molar-refractivity contribution in [1.82, 2.24) is 10.2 Å². The largest absolute Gasteiger partial charge is 0.494 e. The fourth-order valence-corrected chi connectivity index (χ4v) is 5.47. The van der Waals surface area contributed by atoms with Crippen molar-refractivity contribution >= 4 is 35.0 Å². The van der Waals surface area contributed by atoms with Gasteiger partial charge < -0.3 is 15.0 Å². The molecular formula is C32H36Cl2N2O3. The Morgan fingerprint density at radius 3 is 2.31 bits per heavy atom. The first-order chi connectivity index (χ1) is 19.0. The second-order valence-corrected chi connectivity index (χ2v) is 10.9. The average Bonchev–Trinajstić information content (AvgIpc) is 2.95. The summed E-state index contributed by atoms with van der Waals surface area (Å²) in [5.41, 5.74) is 1.74. The van der Waals surface area contributed by atoms with E-state index >= 15 is 0 Å². The predicted molar refractivity (Wildman–Crippen MR) is 157 cm³/mol. The summed E-state index contributed by atoms with van der Waals surface area (Å²) in [6.45, 7) is 0.618. The summed E-state index contributed by atoms with van der Waals surface area (Å²) in [6.07, 6.45) is 6.55. The van der Waals surface area contributed by atoms with Gasteiger partial charge in [-0.3, -0.25) is 9.59 Å². The van der Waals surface area contributed by atoms with Crippen molar-refractivity contribution < 1.29 is 14.3 Å². The van der Waals surface area contributed by atoms with E-state index in [1.54, 1.807) is 17.0 Å². The van der Waals surface area contributed by atoms with Gasteiger partial charge in [0.2, 0.25) is 11.8 Å². The van der Waals surface area contributed by atoms with Crippen LogP contribution in [-0.2, 0) is 22.6 Å². The van der Waals surface area contributed by atoms with E-state index < -0.39 is 6.04 Å². The second kappa shape index (κ2) is 14.9. The number of carbonyl (C=O) groups excluding carboxylic acids is 2. The molecule has 1 atom stereocenters. The highest BCUT2D eigenvalue weighted by atomic mass is 35.5. The lowest BCUT2D eigenvalue weighted by Crippen LogP contribution is -2.52. The van der Waals surface area contributed by atoms with Gasteiger partial charge >= 0.3 is 0 Å². The van der Waals surface area contributed by atoms with Gasteiger partial charge in [0.25, 0.3) is 0 Å². The summed E-state index contributed by atoms with van der Waals surface area (Å²) in [6, 6.07) is 24.1. The van der Waals surface area contributed by atoms with Gasteiger partial charge in [0, 0.05) is 35.5 Å². The first kappa shape index (κ1) is 29.0. The summed E-state index contributed by atoms with van der Waals surface area (Å²) >= 11 is 12.7. The lowest BCUT2D eigenvalue weighted by Gasteiger charge is -2.33. The molecule has 4 rings (SSSR count). The van der Waals surface area contributed by atoms with Gasteiger partial charge in [0.15, 0.2) is 0 Å². The van der Waals surface area contributed by atoms with Crippen LogP contribution in [0.15, 0.2) is 78.9 Å². The first-order valence-corrected chi connectivity index (χ1v) is 14.5. The molecule has 1 aliphatic carbocycles. The number of halogens is 2. The molecule has 7 heteroatoms. The van der Waals surface area contributed by atoms with Crippen LogP contribution in [0.5, 0.6) is 5.75 Å². The summed E-state index contributed by atoms with van der Waals surface area (Å²) in [5.74, 6) is 0.533. The minimum Gasteiger partial charge on any atom is -0.494 e. The SMILES string of the molecule is O=C(NC1CCCCC1)[C@H](Cc1ccccc1)N(Cc1ccc(Cl)cc1Cl)C(=O)CCCOc1ccccc1. The van der Waals surface area contributed by atoms with Crippen molar-refractivity contribution in [2.24, 2.45) is 0 Å². The molecule has 0 saturated heterocycles. The maximum Gasteiger partial charge on any atom is 0.243 e. The lowest BCUT2D eigenvalue weighted by atomic mass is 9.94. The van der Waals surface area contributed by atoms with Crippen LogP contribution in [-0.4, -0.2) is 35.4 Å². The maximum atomic E-state index is 13.8. The van der Waals surface area contributed by atoms with Gasteiger partial charge in [-0.2, -0.15) is 0 Å². The zero-order chi connectivity index (χ0) is 27.5. The number of rotatable bonds is 12. The van der Waals surface area contributed by atoms with Crippen molar-refractivity contribution in [1.29, 1.82) is 0 Å². The molecule has 39 heavy (non-hydrogen) atoms. The Kier molecular flexibility index (Phi) is 11.1. The monoisotopic (exact) mass is 566 g/mol. The molecule has 206 valence electrons. The molecule has 5 nitrogen and oxygen atoms in total. The molecule has 1 saturated carbocycles. The third-order valence-electron chi connectivity index (χ3n) is 7.13. The Hall–Kier alpha value is -3.02. The van der Waals surface area contributed by atoms with Crippen LogP contribution >= 0.6 is 23.2 Å². The average molecular weight is 568 g/mol. The number of hydrogen-bond acceptors (Lipinski definition) is 3. The summed E-state index contributed by atoms with van der Waals surface area (Å²) < 4.78 is 5.81. The molecule has 2 amide bonds. The number of para-hydroxylation sites is 1.